The number of rotatable bonds is 3. The van der Waals surface area contributed by atoms with E-state index in [-0.39, 0.29) is 5.82 Å². The van der Waals surface area contributed by atoms with Crippen molar-refractivity contribution in [3.05, 3.63) is 76.2 Å². The van der Waals surface area contributed by atoms with E-state index in [4.69, 9.17) is 16.7 Å². The van der Waals surface area contributed by atoms with Gasteiger partial charge in [-0.15, -0.1) is 0 Å². The van der Waals surface area contributed by atoms with Crippen LogP contribution >= 0.6 is 11.6 Å². The first kappa shape index (κ1) is 15.4. The van der Waals surface area contributed by atoms with Gasteiger partial charge in [0.2, 0.25) is 0 Å². The summed E-state index contributed by atoms with van der Waals surface area (Å²) in [4.78, 5) is 2.19. The lowest BCUT2D eigenvalue weighted by Gasteiger charge is -2.13. The molecule has 0 bridgehead atoms. The number of aromatic nitrogens is 2. The van der Waals surface area contributed by atoms with Crippen molar-refractivity contribution >= 4 is 11.6 Å². The number of hydrogen-bond acceptors (Lipinski definition) is 2. The summed E-state index contributed by atoms with van der Waals surface area (Å²) in [6, 6.07) is 14.6. The largest absolute Gasteiger partial charge is 0.296 e. The Hall–Kier alpha value is -2.17. The highest BCUT2D eigenvalue weighted by Gasteiger charge is 2.27. The molecule has 2 heterocycles. The van der Waals surface area contributed by atoms with Gasteiger partial charge < -0.3 is 0 Å². The van der Waals surface area contributed by atoms with Crippen LogP contribution in [0.15, 0.2) is 48.5 Å². The second-order valence-electron chi connectivity index (χ2n) is 6.21. The minimum absolute atomic E-state index is 0.220. The van der Waals surface area contributed by atoms with Crippen LogP contribution in [0, 0.1) is 5.82 Å². The van der Waals surface area contributed by atoms with E-state index in [2.05, 4.69) is 4.90 Å². The molecule has 0 fully saturated rings. The van der Waals surface area contributed by atoms with Crippen LogP contribution in [0.2, 0.25) is 5.02 Å². The van der Waals surface area contributed by atoms with Gasteiger partial charge in [-0.25, -0.2) is 4.39 Å². The summed E-state index contributed by atoms with van der Waals surface area (Å²) in [5.74, 6) is -0.220. The normalized spacial score (nSPS) is 14.1. The van der Waals surface area contributed by atoms with Crippen molar-refractivity contribution in [3.8, 4) is 11.3 Å². The van der Waals surface area contributed by atoms with Crippen molar-refractivity contribution in [2.24, 2.45) is 0 Å². The van der Waals surface area contributed by atoms with Gasteiger partial charge in [-0.1, -0.05) is 35.9 Å². The average molecular weight is 342 g/mol. The van der Waals surface area contributed by atoms with Crippen molar-refractivity contribution in [2.75, 3.05) is 7.05 Å². The molecule has 2 aromatic carbocycles. The number of nitrogens with zero attached hydrogens (tertiary/aromatic N) is 3. The summed E-state index contributed by atoms with van der Waals surface area (Å²) in [5.41, 5.74) is 4.66. The van der Waals surface area contributed by atoms with Crippen LogP contribution in [0.3, 0.4) is 0 Å². The fraction of sp³-hybridized carbons (Fsp3) is 0.211. The molecule has 0 aliphatic carbocycles. The Morgan fingerprint density at radius 2 is 1.96 bits per heavy atom. The van der Waals surface area contributed by atoms with E-state index in [1.807, 2.05) is 48.1 Å². The maximum Gasteiger partial charge on any atom is 0.132 e. The maximum atomic E-state index is 14.4. The highest BCUT2D eigenvalue weighted by molar-refractivity contribution is 6.30. The van der Waals surface area contributed by atoms with Crippen molar-refractivity contribution in [2.45, 2.75) is 19.6 Å². The van der Waals surface area contributed by atoms with Crippen molar-refractivity contribution < 1.29 is 4.39 Å². The molecule has 4 rings (SSSR count). The van der Waals surface area contributed by atoms with Crippen LogP contribution in [0.4, 0.5) is 4.39 Å². The lowest BCUT2D eigenvalue weighted by molar-refractivity contribution is 0.346. The molecule has 0 spiro atoms. The molecule has 0 N–H and O–H groups in total. The Morgan fingerprint density at radius 3 is 2.75 bits per heavy atom. The van der Waals surface area contributed by atoms with Crippen LogP contribution in [-0.2, 0) is 19.6 Å². The molecular formula is C19H17ClFN3. The van der Waals surface area contributed by atoms with Gasteiger partial charge in [0.25, 0.3) is 0 Å². The summed E-state index contributed by atoms with van der Waals surface area (Å²) >= 11 is 6.09. The van der Waals surface area contributed by atoms with Gasteiger partial charge in [0.05, 0.1) is 17.9 Å². The third-order valence-corrected chi connectivity index (χ3v) is 4.57. The number of halogens is 2. The van der Waals surface area contributed by atoms with Crippen LogP contribution < -0.4 is 0 Å². The van der Waals surface area contributed by atoms with E-state index in [9.17, 15) is 4.39 Å². The zero-order chi connectivity index (χ0) is 16.7. The van der Waals surface area contributed by atoms with Gasteiger partial charge in [-0.05, 0) is 36.9 Å². The molecule has 1 aliphatic heterocycles. The predicted molar refractivity (Wildman–Crippen MR) is 93.3 cm³/mol. The first-order valence-electron chi connectivity index (χ1n) is 7.88. The Kier molecular flexibility index (Phi) is 3.87. The highest BCUT2D eigenvalue weighted by atomic mass is 35.5. The first-order chi connectivity index (χ1) is 11.6. The molecule has 24 heavy (non-hydrogen) atoms. The van der Waals surface area contributed by atoms with Crippen molar-refractivity contribution in [3.63, 3.8) is 0 Å². The zero-order valence-electron chi connectivity index (χ0n) is 13.3. The first-order valence-corrected chi connectivity index (χ1v) is 8.26. The van der Waals surface area contributed by atoms with Crippen molar-refractivity contribution in [1.29, 1.82) is 0 Å². The maximum absolute atomic E-state index is 14.4. The summed E-state index contributed by atoms with van der Waals surface area (Å²) in [5, 5.41) is 5.44. The molecule has 5 heteroatoms. The molecule has 0 unspecified atom stereocenters. The Bertz CT molecular complexity index is 903. The summed E-state index contributed by atoms with van der Waals surface area (Å²) in [7, 11) is 2.05. The van der Waals surface area contributed by atoms with Crippen LogP contribution in [0.1, 0.15) is 16.8 Å². The lowest BCUT2D eigenvalue weighted by Crippen LogP contribution is -2.13. The molecule has 3 aromatic rings. The number of hydrogen-bond donors (Lipinski definition) is 0. The molecule has 122 valence electrons. The van der Waals surface area contributed by atoms with E-state index in [1.54, 1.807) is 6.07 Å². The molecule has 0 saturated heterocycles. The predicted octanol–water partition coefficient (Wildman–Crippen LogP) is 4.34. The van der Waals surface area contributed by atoms with E-state index < -0.39 is 0 Å². The van der Waals surface area contributed by atoms with Gasteiger partial charge in [0.15, 0.2) is 0 Å². The van der Waals surface area contributed by atoms with E-state index in [1.165, 1.54) is 6.07 Å². The van der Waals surface area contributed by atoms with E-state index >= 15 is 0 Å². The Labute approximate surface area is 145 Å². The second-order valence-corrected chi connectivity index (χ2v) is 6.65. The van der Waals surface area contributed by atoms with E-state index in [0.717, 1.165) is 35.6 Å². The fourth-order valence-electron chi connectivity index (χ4n) is 3.30. The lowest BCUT2D eigenvalue weighted by atomic mass is 10.1. The molecule has 0 saturated carbocycles. The SMILES string of the molecule is CN1Cc2nn(Cc3cccc(Cl)c3)c(-c3ccccc3F)c2C1. The zero-order valence-corrected chi connectivity index (χ0v) is 14.1. The fourth-order valence-corrected chi connectivity index (χ4v) is 3.51. The molecule has 3 nitrogen and oxygen atoms in total. The molecule has 0 atom stereocenters. The summed E-state index contributed by atoms with van der Waals surface area (Å²) < 4.78 is 16.3. The van der Waals surface area contributed by atoms with E-state index in [0.29, 0.717) is 17.1 Å². The smallest absolute Gasteiger partial charge is 0.132 e. The van der Waals surface area contributed by atoms with Gasteiger partial charge in [-0.2, -0.15) is 5.10 Å². The topological polar surface area (TPSA) is 21.1 Å². The van der Waals surface area contributed by atoms with Crippen LogP contribution in [0.5, 0.6) is 0 Å². The van der Waals surface area contributed by atoms with Gasteiger partial charge in [0, 0.05) is 29.2 Å². The minimum atomic E-state index is -0.220. The highest BCUT2D eigenvalue weighted by Crippen LogP contribution is 2.34. The standard InChI is InChI=1S/C19H17ClFN3/c1-23-11-16-18(12-23)22-24(10-13-5-4-6-14(20)9-13)19(16)15-7-2-3-8-17(15)21/h2-9H,10-12H2,1H3. The molecule has 1 aliphatic rings. The molecular weight excluding hydrogens is 325 g/mol. The van der Waals surface area contributed by atoms with Gasteiger partial charge in [-0.3, -0.25) is 9.58 Å². The average Bonchev–Trinajstić information content (AvgIpc) is 3.04. The minimum Gasteiger partial charge on any atom is -0.296 e. The second kappa shape index (κ2) is 6.04. The monoisotopic (exact) mass is 341 g/mol. The summed E-state index contributed by atoms with van der Waals surface area (Å²) in [6.07, 6.45) is 0. The number of fused-ring (bicyclic) bond motifs is 1. The quantitative estimate of drug-likeness (QED) is 0.706. The summed E-state index contributed by atoms with van der Waals surface area (Å²) in [6.45, 7) is 2.15. The molecule has 0 amide bonds. The third-order valence-electron chi connectivity index (χ3n) is 4.33. The third kappa shape index (κ3) is 2.72. The molecule has 1 aromatic heterocycles. The van der Waals surface area contributed by atoms with Crippen molar-refractivity contribution in [1.82, 2.24) is 14.7 Å². The molecule has 0 radical (unpaired) electrons. The van der Waals surface area contributed by atoms with Crippen LogP contribution in [-0.4, -0.2) is 21.7 Å². The Balaban J connectivity index is 1.83. The number of benzene rings is 2. The van der Waals surface area contributed by atoms with Gasteiger partial charge >= 0.3 is 0 Å². The Morgan fingerprint density at radius 1 is 1.12 bits per heavy atom. The van der Waals surface area contributed by atoms with Gasteiger partial charge in [0.1, 0.15) is 5.82 Å². The van der Waals surface area contributed by atoms with Crippen LogP contribution in [0.25, 0.3) is 11.3 Å².